The first kappa shape index (κ1) is 14.7. The molecule has 0 radical (unpaired) electrons. The molecule has 3 N–H and O–H groups in total. The highest BCUT2D eigenvalue weighted by molar-refractivity contribution is 5.94. The van der Waals surface area contributed by atoms with Crippen molar-refractivity contribution in [1.82, 2.24) is 0 Å². The standard InChI is InChI=1S/C14H10F3NO3/c15-7-3-11(16)10(12(17)4-7)6-18-13-2-1-8(19)5-9(13)14(20)21/h1-5,18-19H,6H2,(H,20,21). The van der Waals surface area contributed by atoms with E-state index in [9.17, 15) is 23.1 Å². The summed E-state index contributed by atoms with van der Waals surface area (Å²) in [5.41, 5.74) is -0.595. The molecule has 0 aromatic heterocycles. The first-order valence-corrected chi connectivity index (χ1v) is 5.82. The van der Waals surface area contributed by atoms with E-state index in [-0.39, 0.29) is 23.5 Å². The Balaban J connectivity index is 2.27. The SMILES string of the molecule is O=C(O)c1cc(O)ccc1NCc1c(F)cc(F)cc1F. The molecule has 0 fully saturated rings. The van der Waals surface area contributed by atoms with Crippen LogP contribution in [0.1, 0.15) is 15.9 Å². The Morgan fingerprint density at radius 2 is 1.71 bits per heavy atom. The third kappa shape index (κ3) is 3.25. The van der Waals surface area contributed by atoms with Crippen LogP contribution in [0.2, 0.25) is 0 Å². The summed E-state index contributed by atoms with van der Waals surface area (Å²) in [5, 5.41) is 20.8. The lowest BCUT2D eigenvalue weighted by molar-refractivity contribution is 0.0697. The number of phenols is 1. The number of carboxylic acids is 1. The van der Waals surface area contributed by atoms with Crippen LogP contribution in [0.5, 0.6) is 5.75 Å². The van der Waals surface area contributed by atoms with Crippen molar-refractivity contribution in [2.45, 2.75) is 6.54 Å². The van der Waals surface area contributed by atoms with Gasteiger partial charge in [0.2, 0.25) is 0 Å². The molecule has 0 amide bonds. The smallest absolute Gasteiger partial charge is 0.337 e. The first-order valence-electron chi connectivity index (χ1n) is 5.82. The molecule has 0 atom stereocenters. The number of carbonyl (C=O) groups is 1. The highest BCUT2D eigenvalue weighted by Gasteiger charge is 2.14. The topological polar surface area (TPSA) is 69.6 Å². The number of aromatic hydroxyl groups is 1. The molecule has 0 aliphatic rings. The van der Waals surface area contributed by atoms with Crippen LogP contribution in [-0.4, -0.2) is 16.2 Å². The number of hydrogen-bond acceptors (Lipinski definition) is 3. The average Bonchev–Trinajstić information content (AvgIpc) is 2.38. The molecule has 0 spiro atoms. The van der Waals surface area contributed by atoms with Crippen LogP contribution >= 0.6 is 0 Å². The van der Waals surface area contributed by atoms with Crippen LogP contribution in [0.15, 0.2) is 30.3 Å². The van der Waals surface area contributed by atoms with Crippen LogP contribution in [-0.2, 0) is 6.54 Å². The quantitative estimate of drug-likeness (QED) is 0.758. The van der Waals surface area contributed by atoms with E-state index < -0.39 is 29.0 Å². The number of aromatic carboxylic acids is 1. The maximum atomic E-state index is 13.5. The maximum Gasteiger partial charge on any atom is 0.337 e. The Kier molecular flexibility index (Phi) is 4.02. The van der Waals surface area contributed by atoms with E-state index in [1.165, 1.54) is 12.1 Å². The van der Waals surface area contributed by atoms with Gasteiger partial charge in [0.05, 0.1) is 5.56 Å². The van der Waals surface area contributed by atoms with Gasteiger partial charge in [-0.3, -0.25) is 0 Å². The van der Waals surface area contributed by atoms with E-state index in [4.69, 9.17) is 5.11 Å². The van der Waals surface area contributed by atoms with Crippen LogP contribution in [0.4, 0.5) is 18.9 Å². The molecular formula is C14H10F3NO3. The molecule has 0 unspecified atom stereocenters. The van der Waals surface area contributed by atoms with Gasteiger partial charge in [0.1, 0.15) is 23.2 Å². The van der Waals surface area contributed by atoms with Gasteiger partial charge in [-0.1, -0.05) is 0 Å². The van der Waals surface area contributed by atoms with E-state index in [1.54, 1.807) is 0 Å². The number of anilines is 1. The van der Waals surface area contributed by atoms with Crippen molar-refractivity contribution in [3.8, 4) is 5.75 Å². The van der Waals surface area contributed by atoms with Gasteiger partial charge in [0.25, 0.3) is 0 Å². The molecule has 4 nitrogen and oxygen atoms in total. The number of halogens is 3. The number of phenolic OH excluding ortho intramolecular Hbond substituents is 1. The van der Waals surface area contributed by atoms with Gasteiger partial charge < -0.3 is 15.5 Å². The monoisotopic (exact) mass is 297 g/mol. The predicted octanol–water partition coefficient (Wildman–Crippen LogP) is 3.12. The molecule has 0 heterocycles. The van der Waals surface area contributed by atoms with E-state index in [2.05, 4.69) is 5.32 Å². The maximum absolute atomic E-state index is 13.5. The van der Waals surface area contributed by atoms with E-state index >= 15 is 0 Å². The average molecular weight is 297 g/mol. The summed E-state index contributed by atoms with van der Waals surface area (Å²) >= 11 is 0. The molecule has 2 aromatic carbocycles. The molecule has 0 bridgehead atoms. The van der Waals surface area contributed by atoms with Crippen molar-refractivity contribution >= 4 is 11.7 Å². The summed E-state index contributed by atoms with van der Waals surface area (Å²) in [4.78, 5) is 11.0. The molecule has 0 aliphatic carbocycles. The number of hydrogen-bond donors (Lipinski definition) is 3. The fourth-order valence-electron chi connectivity index (χ4n) is 1.79. The largest absolute Gasteiger partial charge is 0.508 e. The van der Waals surface area contributed by atoms with Gasteiger partial charge in [-0.2, -0.15) is 0 Å². The van der Waals surface area contributed by atoms with Gasteiger partial charge in [-0.15, -0.1) is 0 Å². The molecule has 21 heavy (non-hydrogen) atoms. The second-order valence-corrected chi connectivity index (χ2v) is 4.24. The van der Waals surface area contributed by atoms with E-state index in [0.29, 0.717) is 12.1 Å². The molecule has 2 rings (SSSR count). The van der Waals surface area contributed by atoms with E-state index in [1.807, 2.05) is 0 Å². The summed E-state index contributed by atoms with van der Waals surface area (Å²) in [5.74, 6) is -4.75. The number of nitrogens with one attached hydrogen (secondary N) is 1. The predicted molar refractivity (Wildman–Crippen MR) is 68.7 cm³/mol. The van der Waals surface area contributed by atoms with Crippen molar-refractivity contribution in [3.05, 3.63) is 58.9 Å². The third-order valence-corrected chi connectivity index (χ3v) is 2.79. The van der Waals surface area contributed by atoms with Crippen molar-refractivity contribution in [2.24, 2.45) is 0 Å². The lowest BCUT2D eigenvalue weighted by Crippen LogP contribution is -2.09. The number of carboxylic acid groups (broad SMARTS) is 1. The van der Waals surface area contributed by atoms with Crippen molar-refractivity contribution < 1.29 is 28.2 Å². The Labute approximate surface area is 117 Å². The minimum absolute atomic E-state index is 0.0726. The zero-order chi connectivity index (χ0) is 15.6. The second kappa shape index (κ2) is 5.74. The summed E-state index contributed by atoms with van der Waals surface area (Å²) in [6, 6.07) is 4.57. The number of benzene rings is 2. The fourth-order valence-corrected chi connectivity index (χ4v) is 1.79. The Hall–Kier alpha value is -2.70. The zero-order valence-corrected chi connectivity index (χ0v) is 10.5. The van der Waals surface area contributed by atoms with Crippen molar-refractivity contribution in [2.75, 3.05) is 5.32 Å². The van der Waals surface area contributed by atoms with Crippen LogP contribution in [0.25, 0.3) is 0 Å². The van der Waals surface area contributed by atoms with E-state index in [0.717, 1.165) is 6.07 Å². The molecular weight excluding hydrogens is 287 g/mol. The van der Waals surface area contributed by atoms with Gasteiger partial charge in [0, 0.05) is 29.9 Å². The fraction of sp³-hybridized carbons (Fsp3) is 0.0714. The molecule has 7 heteroatoms. The summed E-state index contributed by atoms with van der Waals surface area (Å²) in [6.07, 6.45) is 0. The minimum Gasteiger partial charge on any atom is -0.508 e. The summed E-state index contributed by atoms with van der Waals surface area (Å²) in [7, 11) is 0. The van der Waals surface area contributed by atoms with Gasteiger partial charge in [0.15, 0.2) is 0 Å². The lowest BCUT2D eigenvalue weighted by atomic mass is 10.1. The number of rotatable bonds is 4. The van der Waals surface area contributed by atoms with Gasteiger partial charge in [-0.05, 0) is 18.2 Å². The van der Waals surface area contributed by atoms with Crippen LogP contribution in [0.3, 0.4) is 0 Å². The second-order valence-electron chi connectivity index (χ2n) is 4.24. The van der Waals surface area contributed by atoms with Gasteiger partial charge in [-0.25, -0.2) is 18.0 Å². The van der Waals surface area contributed by atoms with Crippen LogP contribution < -0.4 is 5.32 Å². The molecule has 2 aromatic rings. The Morgan fingerprint density at radius 1 is 1.10 bits per heavy atom. The summed E-state index contributed by atoms with van der Waals surface area (Å²) < 4.78 is 39.7. The molecule has 0 aliphatic heterocycles. The first-order chi connectivity index (χ1) is 9.88. The minimum atomic E-state index is -1.31. The lowest BCUT2D eigenvalue weighted by Gasteiger charge is -2.11. The van der Waals surface area contributed by atoms with Crippen molar-refractivity contribution in [3.63, 3.8) is 0 Å². The zero-order valence-electron chi connectivity index (χ0n) is 10.5. The molecule has 0 saturated heterocycles. The molecule has 0 saturated carbocycles. The van der Waals surface area contributed by atoms with Gasteiger partial charge >= 0.3 is 5.97 Å². The highest BCUT2D eigenvalue weighted by Crippen LogP contribution is 2.23. The summed E-state index contributed by atoms with van der Waals surface area (Å²) in [6.45, 7) is -0.372. The normalized spacial score (nSPS) is 10.4. The van der Waals surface area contributed by atoms with Crippen LogP contribution in [0, 0.1) is 17.5 Å². The molecule has 110 valence electrons. The van der Waals surface area contributed by atoms with Crippen molar-refractivity contribution in [1.29, 1.82) is 0 Å². The highest BCUT2D eigenvalue weighted by atomic mass is 19.1. The Morgan fingerprint density at radius 3 is 2.29 bits per heavy atom. The third-order valence-electron chi connectivity index (χ3n) is 2.79. The Bertz CT molecular complexity index is 681.